The van der Waals surface area contributed by atoms with Crippen molar-refractivity contribution in [2.45, 2.75) is 43.8 Å². The van der Waals surface area contributed by atoms with Gasteiger partial charge in [-0.3, -0.25) is 9.78 Å². The normalized spacial score (nSPS) is 18.4. The van der Waals surface area contributed by atoms with Crippen molar-refractivity contribution in [2.75, 3.05) is 19.8 Å². The fraction of sp³-hybridized carbons (Fsp3) is 0.500. The topological polar surface area (TPSA) is 73.3 Å². The molecule has 9 heteroatoms. The standard InChI is InChI=1S/C22H24F3N3O3/c23-22(24,25)20(17-3-1-2-10-26-17)28-21(29)19-16(15-4-5-15)6-7-18(27-19)31-13-14-8-11-30-12-9-14/h1-3,6-7,10,14-15,20H,4-5,8-9,11-13H2,(H,28,29). The molecule has 0 aromatic carbocycles. The fourth-order valence-electron chi connectivity index (χ4n) is 3.62. The molecular weight excluding hydrogens is 411 g/mol. The lowest BCUT2D eigenvalue weighted by Crippen LogP contribution is -2.39. The molecule has 1 saturated carbocycles. The molecule has 31 heavy (non-hydrogen) atoms. The Morgan fingerprint density at radius 2 is 1.94 bits per heavy atom. The highest BCUT2D eigenvalue weighted by Crippen LogP contribution is 2.42. The summed E-state index contributed by atoms with van der Waals surface area (Å²) in [5.74, 6) is -0.180. The summed E-state index contributed by atoms with van der Waals surface area (Å²) in [5.41, 5.74) is 0.360. The summed E-state index contributed by atoms with van der Waals surface area (Å²) in [5, 5.41) is 2.08. The van der Waals surface area contributed by atoms with Crippen molar-refractivity contribution in [3.8, 4) is 5.88 Å². The molecule has 1 saturated heterocycles. The molecule has 1 N–H and O–H groups in total. The SMILES string of the molecule is O=C(NC(c1ccccn1)C(F)(F)F)c1nc(OCC2CCOCC2)ccc1C1CC1. The number of carbonyl (C=O) groups excluding carboxylic acids is 1. The van der Waals surface area contributed by atoms with Gasteiger partial charge >= 0.3 is 6.18 Å². The third-order valence-electron chi connectivity index (χ3n) is 5.53. The number of hydrogen-bond donors (Lipinski definition) is 1. The average molecular weight is 435 g/mol. The lowest BCUT2D eigenvalue weighted by molar-refractivity contribution is -0.156. The van der Waals surface area contributed by atoms with Crippen molar-refractivity contribution < 1.29 is 27.4 Å². The van der Waals surface area contributed by atoms with E-state index in [4.69, 9.17) is 9.47 Å². The van der Waals surface area contributed by atoms with Gasteiger partial charge < -0.3 is 14.8 Å². The van der Waals surface area contributed by atoms with Crippen LogP contribution in [0.15, 0.2) is 36.5 Å². The van der Waals surface area contributed by atoms with Crippen molar-refractivity contribution in [2.24, 2.45) is 5.92 Å². The van der Waals surface area contributed by atoms with E-state index in [1.54, 1.807) is 12.1 Å². The maximum Gasteiger partial charge on any atom is 0.414 e. The van der Waals surface area contributed by atoms with Crippen LogP contribution in [-0.4, -0.2) is 41.9 Å². The van der Waals surface area contributed by atoms with E-state index < -0.39 is 18.1 Å². The summed E-state index contributed by atoms with van der Waals surface area (Å²) in [6.45, 7) is 1.80. The van der Waals surface area contributed by atoms with Crippen LogP contribution in [0.25, 0.3) is 0 Å². The number of hydrogen-bond acceptors (Lipinski definition) is 5. The Hall–Kier alpha value is -2.68. The van der Waals surface area contributed by atoms with Gasteiger partial charge in [-0.05, 0) is 55.2 Å². The molecule has 2 aromatic heterocycles. The van der Waals surface area contributed by atoms with Crippen LogP contribution >= 0.6 is 0 Å². The lowest BCUT2D eigenvalue weighted by atomic mass is 10.0. The predicted molar refractivity (Wildman–Crippen MR) is 106 cm³/mol. The van der Waals surface area contributed by atoms with E-state index in [1.165, 1.54) is 24.4 Å². The van der Waals surface area contributed by atoms with Crippen molar-refractivity contribution in [1.82, 2.24) is 15.3 Å². The number of pyridine rings is 2. The number of amides is 1. The first kappa shape index (κ1) is 21.5. The number of aromatic nitrogens is 2. The van der Waals surface area contributed by atoms with Crippen LogP contribution in [0.3, 0.4) is 0 Å². The van der Waals surface area contributed by atoms with E-state index in [1.807, 2.05) is 0 Å². The predicted octanol–water partition coefficient (Wildman–Crippen LogP) is 4.19. The highest BCUT2D eigenvalue weighted by Gasteiger charge is 2.43. The molecule has 3 heterocycles. The number of halogens is 3. The summed E-state index contributed by atoms with van der Waals surface area (Å²) in [6, 6.07) is 5.41. The first-order valence-electron chi connectivity index (χ1n) is 10.4. The van der Waals surface area contributed by atoms with E-state index in [0.29, 0.717) is 31.3 Å². The molecule has 0 bridgehead atoms. The molecule has 6 nitrogen and oxygen atoms in total. The van der Waals surface area contributed by atoms with Crippen LogP contribution in [0.5, 0.6) is 5.88 Å². The minimum Gasteiger partial charge on any atom is -0.477 e. The van der Waals surface area contributed by atoms with Crippen LogP contribution in [0.1, 0.15) is 59.4 Å². The zero-order valence-electron chi connectivity index (χ0n) is 16.9. The second-order valence-electron chi connectivity index (χ2n) is 7.93. The Morgan fingerprint density at radius 3 is 2.58 bits per heavy atom. The van der Waals surface area contributed by atoms with Gasteiger partial charge in [0.05, 0.1) is 12.3 Å². The minimum atomic E-state index is -4.69. The molecule has 4 rings (SSSR count). The van der Waals surface area contributed by atoms with Gasteiger partial charge in [-0.2, -0.15) is 13.2 Å². The highest BCUT2D eigenvalue weighted by atomic mass is 19.4. The summed E-state index contributed by atoms with van der Waals surface area (Å²) in [7, 11) is 0. The molecule has 2 aliphatic rings. The van der Waals surface area contributed by atoms with Crippen LogP contribution < -0.4 is 10.1 Å². The van der Waals surface area contributed by atoms with Gasteiger partial charge in [0.15, 0.2) is 6.04 Å². The monoisotopic (exact) mass is 435 g/mol. The Balaban J connectivity index is 1.53. The largest absolute Gasteiger partial charge is 0.477 e. The molecule has 2 aromatic rings. The van der Waals surface area contributed by atoms with E-state index in [2.05, 4.69) is 15.3 Å². The van der Waals surface area contributed by atoms with Gasteiger partial charge in [0.1, 0.15) is 5.69 Å². The molecule has 166 valence electrons. The summed E-state index contributed by atoms with van der Waals surface area (Å²) < 4.78 is 52.0. The Labute approximate surface area is 178 Å². The first-order valence-corrected chi connectivity index (χ1v) is 10.4. The fourth-order valence-corrected chi connectivity index (χ4v) is 3.62. The number of nitrogens with zero attached hydrogens (tertiary/aromatic N) is 2. The second-order valence-corrected chi connectivity index (χ2v) is 7.93. The molecule has 1 atom stereocenters. The molecule has 0 spiro atoms. The third-order valence-corrected chi connectivity index (χ3v) is 5.53. The van der Waals surface area contributed by atoms with Crippen molar-refractivity contribution in [1.29, 1.82) is 0 Å². The smallest absolute Gasteiger partial charge is 0.414 e. The maximum absolute atomic E-state index is 13.6. The first-order chi connectivity index (χ1) is 14.9. The van der Waals surface area contributed by atoms with Gasteiger partial charge in [-0.25, -0.2) is 4.98 Å². The number of ether oxygens (including phenoxy) is 2. The van der Waals surface area contributed by atoms with Gasteiger partial charge in [-0.15, -0.1) is 0 Å². The molecule has 1 unspecified atom stereocenters. The summed E-state index contributed by atoms with van der Waals surface area (Å²) in [4.78, 5) is 21.0. The zero-order chi connectivity index (χ0) is 21.8. The summed E-state index contributed by atoms with van der Waals surface area (Å²) >= 11 is 0. The van der Waals surface area contributed by atoms with E-state index in [-0.39, 0.29) is 23.2 Å². The van der Waals surface area contributed by atoms with Crippen molar-refractivity contribution in [3.63, 3.8) is 0 Å². The number of rotatable bonds is 7. The quantitative estimate of drug-likeness (QED) is 0.706. The Bertz CT molecular complexity index is 898. The Kier molecular flexibility index (Phi) is 6.41. The van der Waals surface area contributed by atoms with Gasteiger partial charge in [0.2, 0.25) is 5.88 Å². The second kappa shape index (κ2) is 9.21. The minimum absolute atomic E-state index is 0.0165. The van der Waals surface area contributed by atoms with Gasteiger partial charge in [-0.1, -0.05) is 12.1 Å². The Morgan fingerprint density at radius 1 is 1.16 bits per heavy atom. The number of carbonyl (C=O) groups is 1. The van der Waals surface area contributed by atoms with Crippen LogP contribution in [-0.2, 0) is 4.74 Å². The average Bonchev–Trinajstić information content (AvgIpc) is 3.61. The van der Waals surface area contributed by atoms with Gasteiger partial charge in [0, 0.05) is 25.5 Å². The van der Waals surface area contributed by atoms with Crippen molar-refractivity contribution >= 4 is 5.91 Å². The molecular formula is C22H24F3N3O3. The van der Waals surface area contributed by atoms with E-state index in [0.717, 1.165) is 25.7 Å². The van der Waals surface area contributed by atoms with Crippen LogP contribution in [0.2, 0.25) is 0 Å². The maximum atomic E-state index is 13.6. The third kappa shape index (κ3) is 5.52. The van der Waals surface area contributed by atoms with Gasteiger partial charge in [0.25, 0.3) is 5.91 Å². The number of nitrogens with one attached hydrogen (secondary N) is 1. The molecule has 0 radical (unpaired) electrons. The van der Waals surface area contributed by atoms with Crippen LogP contribution in [0.4, 0.5) is 13.2 Å². The van der Waals surface area contributed by atoms with Crippen molar-refractivity contribution in [3.05, 3.63) is 53.5 Å². The number of alkyl halides is 3. The lowest BCUT2D eigenvalue weighted by Gasteiger charge is -2.23. The van der Waals surface area contributed by atoms with E-state index in [9.17, 15) is 18.0 Å². The molecule has 1 aliphatic heterocycles. The van der Waals surface area contributed by atoms with E-state index >= 15 is 0 Å². The van der Waals surface area contributed by atoms with Crippen LogP contribution in [0, 0.1) is 5.92 Å². The summed E-state index contributed by atoms with van der Waals surface area (Å²) in [6.07, 6.45) is 0.0931. The molecule has 1 amide bonds. The highest BCUT2D eigenvalue weighted by molar-refractivity contribution is 5.94. The molecule has 1 aliphatic carbocycles. The molecule has 2 fully saturated rings. The zero-order valence-corrected chi connectivity index (χ0v) is 16.9.